The van der Waals surface area contributed by atoms with Gasteiger partial charge < -0.3 is 4.74 Å². The van der Waals surface area contributed by atoms with E-state index in [9.17, 15) is 4.79 Å². The second kappa shape index (κ2) is 6.71. The molecular weight excluding hydrogens is 316 g/mol. The van der Waals surface area contributed by atoms with E-state index in [2.05, 4.69) is 22.9 Å². The summed E-state index contributed by atoms with van der Waals surface area (Å²) < 4.78 is 6.79. The van der Waals surface area contributed by atoms with Gasteiger partial charge in [0, 0.05) is 0 Å². The van der Waals surface area contributed by atoms with E-state index in [1.54, 1.807) is 6.92 Å². The van der Waals surface area contributed by atoms with Crippen LogP contribution < -0.4 is 4.74 Å². The van der Waals surface area contributed by atoms with Crippen LogP contribution in [-0.4, -0.2) is 5.78 Å². The van der Waals surface area contributed by atoms with Gasteiger partial charge in [0.05, 0.1) is 10.0 Å². The molecule has 2 aromatic carbocycles. The molecule has 0 unspecified atom stereocenters. The van der Waals surface area contributed by atoms with Gasteiger partial charge in [0.1, 0.15) is 11.5 Å². The average Bonchev–Trinajstić information content (AvgIpc) is 2.42. The molecule has 0 aromatic heterocycles. The van der Waals surface area contributed by atoms with Crippen LogP contribution in [0, 0.1) is 0 Å². The number of aryl methyl sites for hydroxylation is 1. The van der Waals surface area contributed by atoms with Crippen molar-refractivity contribution in [2.75, 3.05) is 0 Å². The van der Waals surface area contributed by atoms with Crippen molar-refractivity contribution in [3.63, 3.8) is 0 Å². The van der Waals surface area contributed by atoms with Crippen molar-refractivity contribution in [2.24, 2.45) is 0 Å². The Morgan fingerprint density at radius 2 is 1.90 bits per heavy atom. The van der Waals surface area contributed by atoms with Crippen LogP contribution in [0.1, 0.15) is 36.2 Å². The summed E-state index contributed by atoms with van der Waals surface area (Å²) in [6, 6.07) is 13.4. The van der Waals surface area contributed by atoms with Gasteiger partial charge in [-0.25, -0.2) is 0 Å². The zero-order chi connectivity index (χ0) is 14.5. The second-order valence-corrected chi connectivity index (χ2v) is 5.52. The predicted octanol–water partition coefficient (Wildman–Crippen LogP) is 5.40. The molecule has 0 aliphatic rings. The van der Waals surface area contributed by atoms with E-state index in [1.165, 1.54) is 5.56 Å². The zero-order valence-electron chi connectivity index (χ0n) is 11.7. The maximum Gasteiger partial charge on any atom is 0.163 e. The molecule has 0 radical (unpaired) electrons. The number of para-hydroxylation sites is 1. The van der Waals surface area contributed by atoms with E-state index in [4.69, 9.17) is 4.74 Å². The van der Waals surface area contributed by atoms with Crippen molar-refractivity contribution >= 4 is 21.7 Å². The SMILES string of the molecule is CCCc1ccc(C(C)=O)c(Oc2ccccc2Br)c1. The molecule has 2 aromatic rings. The largest absolute Gasteiger partial charge is 0.455 e. The Labute approximate surface area is 127 Å². The highest BCUT2D eigenvalue weighted by Crippen LogP contribution is 2.32. The first-order valence-electron chi connectivity index (χ1n) is 6.68. The highest BCUT2D eigenvalue weighted by Gasteiger charge is 2.11. The fraction of sp³-hybridized carbons (Fsp3) is 0.235. The number of Topliss-reactive ketones (excluding diaryl/α,β-unsaturated/α-hetero) is 1. The van der Waals surface area contributed by atoms with Gasteiger partial charge in [0.15, 0.2) is 5.78 Å². The highest BCUT2D eigenvalue weighted by molar-refractivity contribution is 9.10. The topological polar surface area (TPSA) is 26.3 Å². The summed E-state index contributed by atoms with van der Waals surface area (Å²) in [6.07, 6.45) is 2.04. The third-order valence-electron chi connectivity index (χ3n) is 3.02. The number of benzene rings is 2. The van der Waals surface area contributed by atoms with Gasteiger partial charge in [-0.3, -0.25) is 4.79 Å². The van der Waals surface area contributed by atoms with Crippen molar-refractivity contribution < 1.29 is 9.53 Å². The molecule has 0 saturated heterocycles. The lowest BCUT2D eigenvalue weighted by Gasteiger charge is -2.12. The van der Waals surface area contributed by atoms with Gasteiger partial charge in [-0.05, 0) is 59.1 Å². The molecular formula is C17H17BrO2. The summed E-state index contributed by atoms with van der Waals surface area (Å²) >= 11 is 3.45. The summed E-state index contributed by atoms with van der Waals surface area (Å²) in [6.45, 7) is 3.69. The summed E-state index contributed by atoms with van der Waals surface area (Å²) in [5.74, 6) is 1.34. The minimum absolute atomic E-state index is 0.00935. The molecule has 0 heterocycles. The Morgan fingerprint density at radius 1 is 1.15 bits per heavy atom. The number of carbonyl (C=O) groups excluding carboxylic acids is 1. The molecule has 3 heteroatoms. The molecule has 0 amide bonds. The fourth-order valence-corrected chi connectivity index (χ4v) is 2.40. The molecule has 0 spiro atoms. The third-order valence-corrected chi connectivity index (χ3v) is 3.68. The second-order valence-electron chi connectivity index (χ2n) is 4.67. The van der Waals surface area contributed by atoms with Crippen LogP contribution in [0.5, 0.6) is 11.5 Å². The van der Waals surface area contributed by atoms with E-state index < -0.39 is 0 Å². The maximum absolute atomic E-state index is 11.7. The van der Waals surface area contributed by atoms with Gasteiger partial charge in [-0.15, -0.1) is 0 Å². The van der Waals surface area contributed by atoms with Crippen molar-refractivity contribution in [2.45, 2.75) is 26.7 Å². The van der Waals surface area contributed by atoms with Gasteiger partial charge in [0.2, 0.25) is 0 Å². The predicted molar refractivity (Wildman–Crippen MR) is 84.7 cm³/mol. The van der Waals surface area contributed by atoms with Crippen LogP contribution in [0.2, 0.25) is 0 Å². The molecule has 2 nitrogen and oxygen atoms in total. The quantitative estimate of drug-likeness (QED) is 0.685. The number of hydrogen-bond donors (Lipinski definition) is 0. The number of rotatable bonds is 5. The number of ether oxygens (including phenoxy) is 1. The van der Waals surface area contributed by atoms with Crippen LogP contribution in [0.15, 0.2) is 46.9 Å². The van der Waals surface area contributed by atoms with E-state index >= 15 is 0 Å². The standard InChI is InChI=1S/C17H17BrO2/c1-3-6-13-9-10-14(12(2)19)17(11-13)20-16-8-5-4-7-15(16)18/h4-5,7-11H,3,6H2,1-2H3. The van der Waals surface area contributed by atoms with E-state index in [0.29, 0.717) is 17.1 Å². The van der Waals surface area contributed by atoms with Crippen LogP contribution in [0.25, 0.3) is 0 Å². The van der Waals surface area contributed by atoms with Crippen LogP contribution in [0.3, 0.4) is 0 Å². The van der Waals surface area contributed by atoms with E-state index in [1.807, 2.05) is 42.5 Å². The first kappa shape index (κ1) is 14.8. The number of halogens is 1. The van der Waals surface area contributed by atoms with Gasteiger partial charge in [-0.2, -0.15) is 0 Å². The third kappa shape index (κ3) is 3.48. The van der Waals surface area contributed by atoms with Crippen molar-refractivity contribution in [3.8, 4) is 11.5 Å². The first-order valence-corrected chi connectivity index (χ1v) is 7.47. The lowest BCUT2D eigenvalue weighted by molar-refractivity contribution is 0.101. The van der Waals surface area contributed by atoms with Gasteiger partial charge in [0.25, 0.3) is 0 Å². The molecule has 0 aliphatic carbocycles. The summed E-state index contributed by atoms with van der Waals surface area (Å²) in [5, 5.41) is 0. The van der Waals surface area contributed by atoms with E-state index in [0.717, 1.165) is 17.3 Å². The molecule has 0 N–H and O–H groups in total. The first-order chi connectivity index (χ1) is 9.61. The van der Waals surface area contributed by atoms with Gasteiger partial charge in [-0.1, -0.05) is 31.5 Å². The normalized spacial score (nSPS) is 10.3. The van der Waals surface area contributed by atoms with Crippen LogP contribution >= 0.6 is 15.9 Å². The Balaban J connectivity index is 2.40. The van der Waals surface area contributed by atoms with Crippen molar-refractivity contribution in [3.05, 3.63) is 58.1 Å². The number of carbonyl (C=O) groups is 1. The van der Waals surface area contributed by atoms with Crippen LogP contribution in [0.4, 0.5) is 0 Å². The minimum atomic E-state index is 0.00935. The van der Waals surface area contributed by atoms with Crippen molar-refractivity contribution in [1.29, 1.82) is 0 Å². The molecule has 0 aliphatic heterocycles. The Kier molecular flexibility index (Phi) is 4.96. The Hall–Kier alpha value is -1.61. The Bertz CT molecular complexity index is 620. The fourth-order valence-electron chi connectivity index (χ4n) is 2.03. The highest BCUT2D eigenvalue weighted by atomic mass is 79.9. The lowest BCUT2D eigenvalue weighted by Crippen LogP contribution is -1.99. The zero-order valence-corrected chi connectivity index (χ0v) is 13.2. The summed E-state index contributed by atoms with van der Waals surface area (Å²) in [5.41, 5.74) is 1.79. The molecule has 0 atom stereocenters. The summed E-state index contributed by atoms with van der Waals surface area (Å²) in [4.78, 5) is 11.7. The monoisotopic (exact) mass is 332 g/mol. The minimum Gasteiger partial charge on any atom is -0.455 e. The molecule has 104 valence electrons. The molecule has 0 bridgehead atoms. The molecule has 0 fully saturated rings. The molecule has 20 heavy (non-hydrogen) atoms. The van der Waals surface area contributed by atoms with Crippen LogP contribution in [-0.2, 0) is 6.42 Å². The lowest BCUT2D eigenvalue weighted by atomic mass is 10.0. The number of hydrogen-bond acceptors (Lipinski definition) is 2. The van der Waals surface area contributed by atoms with Gasteiger partial charge >= 0.3 is 0 Å². The Morgan fingerprint density at radius 3 is 2.55 bits per heavy atom. The molecule has 2 rings (SSSR count). The summed E-state index contributed by atoms with van der Waals surface area (Å²) in [7, 11) is 0. The van der Waals surface area contributed by atoms with E-state index in [-0.39, 0.29) is 5.78 Å². The van der Waals surface area contributed by atoms with Crippen molar-refractivity contribution in [1.82, 2.24) is 0 Å². The molecule has 0 saturated carbocycles. The number of ketones is 1. The maximum atomic E-state index is 11.7. The smallest absolute Gasteiger partial charge is 0.163 e. The average molecular weight is 333 g/mol.